The Hall–Kier alpha value is -1.88. The van der Waals surface area contributed by atoms with Crippen LogP contribution in [-0.2, 0) is 19.4 Å². The molecule has 1 aromatic carbocycles. The van der Waals surface area contributed by atoms with E-state index >= 15 is 0 Å². The summed E-state index contributed by atoms with van der Waals surface area (Å²) in [6, 6.07) is 5.44. The molecular formula is C16H18N2O2S. The molecule has 1 aliphatic rings. The molecule has 0 amide bonds. The topological polar surface area (TPSA) is 53.4 Å². The molecular weight excluding hydrogens is 284 g/mol. The molecule has 2 heterocycles. The zero-order valence-corrected chi connectivity index (χ0v) is 12.8. The maximum absolute atomic E-state index is 11.1. The van der Waals surface area contributed by atoms with Crippen molar-refractivity contribution in [3.63, 3.8) is 0 Å². The van der Waals surface area contributed by atoms with Gasteiger partial charge >= 0.3 is 5.97 Å². The first-order valence-electron chi connectivity index (χ1n) is 7.22. The number of rotatable bonds is 4. The van der Waals surface area contributed by atoms with Crippen LogP contribution in [0.2, 0.25) is 0 Å². The van der Waals surface area contributed by atoms with Gasteiger partial charge in [0.15, 0.2) is 0 Å². The molecule has 0 fully saturated rings. The number of nitrogens with zero attached hydrogens (tertiary/aromatic N) is 2. The van der Waals surface area contributed by atoms with E-state index in [9.17, 15) is 4.79 Å². The normalized spacial score (nSPS) is 14.0. The van der Waals surface area contributed by atoms with Crippen LogP contribution in [0.5, 0.6) is 0 Å². The maximum atomic E-state index is 11.1. The van der Waals surface area contributed by atoms with Crippen molar-refractivity contribution in [2.45, 2.75) is 32.7 Å². The van der Waals surface area contributed by atoms with Crippen LogP contribution in [0.15, 0.2) is 23.6 Å². The van der Waals surface area contributed by atoms with E-state index in [2.05, 4.69) is 22.2 Å². The molecule has 0 unspecified atom stereocenters. The van der Waals surface area contributed by atoms with E-state index in [1.807, 2.05) is 12.1 Å². The van der Waals surface area contributed by atoms with Crippen LogP contribution in [0.25, 0.3) is 0 Å². The van der Waals surface area contributed by atoms with E-state index in [0.717, 1.165) is 49.3 Å². The van der Waals surface area contributed by atoms with Gasteiger partial charge in [0.25, 0.3) is 0 Å². The van der Waals surface area contributed by atoms with Crippen molar-refractivity contribution in [3.8, 4) is 0 Å². The van der Waals surface area contributed by atoms with Gasteiger partial charge in [-0.05, 0) is 43.0 Å². The van der Waals surface area contributed by atoms with Crippen molar-refractivity contribution in [3.05, 3.63) is 45.4 Å². The third kappa shape index (κ3) is 2.93. The van der Waals surface area contributed by atoms with Gasteiger partial charge < -0.3 is 10.0 Å². The van der Waals surface area contributed by atoms with Gasteiger partial charge in [-0.3, -0.25) is 0 Å². The zero-order chi connectivity index (χ0) is 14.8. The Bertz CT molecular complexity index is 666. The Morgan fingerprint density at radius 2 is 2.33 bits per heavy atom. The summed E-state index contributed by atoms with van der Waals surface area (Å²) in [5.41, 5.74) is 3.76. The molecule has 4 nitrogen and oxygen atoms in total. The number of benzene rings is 1. The minimum atomic E-state index is -0.859. The first-order valence-corrected chi connectivity index (χ1v) is 8.09. The molecule has 3 rings (SSSR count). The second kappa shape index (κ2) is 5.85. The molecule has 0 radical (unpaired) electrons. The summed E-state index contributed by atoms with van der Waals surface area (Å²) in [5, 5.41) is 12.4. The summed E-state index contributed by atoms with van der Waals surface area (Å²) in [4.78, 5) is 18.0. The number of thiazole rings is 1. The number of carboxylic acid groups (broad SMARTS) is 1. The van der Waals surface area contributed by atoms with Gasteiger partial charge in [-0.2, -0.15) is 0 Å². The molecule has 1 N–H and O–H groups in total. The van der Waals surface area contributed by atoms with Crippen LogP contribution in [0.3, 0.4) is 0 Å². The number of hydrogen-bond donors (Lipinski definition) is 1. The third-order valence-corrected chi connectivity index (χ3v) is 4.84. The Morgan fingerprint density at radius 1 is 1.48 bits per heavy atom. The number of carboxylic acids is 1. The maximum Gasteiger partial charge on any atom is 0.335 e. The predicted octanol–water partition coefficient (Wildman–Crippen LogP) is 3.36. The van der Waals surface area contributed by atoms with Crippen LogP contribution in [-0.4, -0.2) is 22.6 Å². The number of carbonyl (C=O) groups is 1. The van der Waals surface area contributed by atoms with E-state index in [1.54, 1.807) is 17.4 Å². The molecule has 0 bridgehead atoms. The molecule has 2 aromatic rings. The smallest absolute Gasteiger partial charge is 0.335 e. The number of anilines is 1. The molecule has 0 atom stereocenters. The number of aryl methyl sites for hydroxylation is 2. The highest BCUT2D eigenvalue weighted by molar-refractivity contribution is 7.09. The van der Waals surface area contributed by atoms with Crippen molar-refractivity contribution in [1.82, 2.24) is 4.98 Å². The second-order valence-electron chi connectivity index (χ2n) is 5.26. The highest BCUT2D eigenvalue weighted by atomic mass is 32.1. The lowest BCUT2D eigenvalue weighted by molar-refractivity contribution is 0.0697. The SMILES string of the molecule is CCc1nc(CN2CCCc3cc(C(=O)O)ccc32)cs1. The van der Waals surface area contributed by atoms with Gasteiger partial charge in [-0.1, -0.05) is 6.92 Å². The van der Waals surface area contributed by atoms with Gasteiger partial charge in [0, 0.05) is 17.6 Å². The molecule has 0 spiro atoms. The molecule has 5 heteroatoms. The summed E-state index contributed by atoms with van der Waals surface area (Å²) in [5.74, 6) is -0.859. The fourth-order valence-electron chi connectivity index (χ4n) is 2.75. The number of fused-ring (bicyclic) bond motifs is 1. The minimum Gasteiger partial charge on any atom is -0.478 e. The van der Waals surface area contributed by atoms with Gasteiger partial charge in [0.1, 0.15) is 0 Å². The summed E-state index contributed by atoms with van der Waals surface area (Å²) in [7, 11) is 0. The predicted molar refractivity (Wildman–Crippen MR) is 84.3 cm³/mol. The van der Waals surface area contributed by atoms with E-state index in [-0.39, 0.29) is 0 Å². The average Bonchev–Trinajstić information content (AvgIpc) is 2.94. The van der Waals surface area contributed by atoms with Crippen molar-refractivity contribution in [2.24, 2.45) is 0 Å². The molecule has 110 valence electrons. The molecule has 0 saturated carbocycles. The van der Waals surface area contributed by atoms with Crippen LogP contribution in [0.4, 0.5) is 5.69 Å². The average molecular weight is 302 g/mol. The summed E-state index contributed by atoms with van der Waals surface area (Å²) < 4.78 is 0. The molecule has 0 saturated heterocycles. The Kier molecular flexibility index (Phi) is 3.92. The number of aromatic carboxylic acids is 1. The number of aromatic nitrogens is 1. The Labute approximate surface area is 128 Å². The molecule has 1 aliphatic heterocycles. The Morgan fingerprint density at radius 3 is 3.05 bits per heavy atom. The van der Waals surface area contributed by atoms with E-state index in [0.29, 0.717) is 5.56 Å². The monoisotopic (exact) mass is 302 g/mol. The Balaban J connectivity index is 1.84. The van der Waals surface area contributed by atoms with Crippen LogP contribution in [0, 0.1) is 0 Å². The quantitative estimate of drug-likeness (QED) is 0.941. The minimum absolute atomic E-state index is 0.373. The molecule has 1 aromatic heterocycles. The fourth-order valence-corrected chi connectivity index (χ4v) is 3.49. The van der Waals surface area contributed by atoms with Gasteiger partial charge in [-0.25, -0.2) is 9.78 Å². The fraction of sp³-hybridized carbons (Fsp3) is 0.375. The second-order valence-corrected chi connectivity index (χ2v) is 6.20. The highest BCUT2D eigenvalue weighted by Gasteiger charge is 2.19. The van der Waals surface area contributed by atoms with E-state index in [4.69, 9.17) is 5.11 Å². The summed E-state index contributed by atoms with van der Waals surface area (Å²) in [6.07, 6.45) is 2.98. The van der Waals surface area contributed by atoms with Crippen molar-refractivity contribution >= 4 is 23.0 Å². The summed E-state index contributed by atoms with van der Waals surface area (Å²) in [6.45, 7) is 3.92. The third-order valence-electron chi connectivity index (χ3n) is 3.80. The van der Waals surface area contributed by atoms with Crippen LogP contribution in [0.1, 0.15) is 40.0 Å². The first kappa shape index (κ1) is 14.1. The lowest BCUT2D eigenvalue weighted by Crippen LogP contribution is -2.29. The van der Waals surface area contributed by atoms with Gasteiger partial charge in [0.05, 0.1) is 22.8 Å². The van der Waals surface area contributed by atoms with Crippen molar-refractivity contribution in [1.29, 1.82) is 0 Å². The van der Waals surface area contributed by atoms with Crippen LogP contribution < -0.4 is 4.90 Å². The van der Waals surface area contributed by atoms with E-state index < -0.39 is 5.97 Å². The number of hydrogen-bond acceptors (Lipinski definition) is 4. The van der Waals surface area contributed by atoms with Crippen LogP contribution >= 0.6 is 11.3 Å². The highest BCUT2D eigenvalue weighted by Crippen LogP contribution is 2.29. The van der Waals surface area contributed by atoms with E-state index in [1.165, 1.54) is 5.01 Å². The first-order chi connectivity index (χ1) is 10.2. The summed E-state index contributed by atoms with van der Waals surface area (Å²) >= 11 is 1.71. The molecule has 0 aliphatic carbocycles. The van der Waals surface area contributed by atoms with Crippen molar-refractivity contribution in [2.75, 3.05) is 11.4 Å². The zero-order valence-electron chi connectivity index (χ0n) is 12.0. The lowest BCUT2D eigenvalue weighted by Gasteiger charge is -2.31. The standard InChI is InChI=1S/C16H18N2O2S/c1-2-15-17-13(10-21-15)9-18-7-3-4-11-8-12(16(19)20)5-6-14(11)18/h5-6,8,10H,2-4,7,9H2,1H3,(H,19,20). The molecule has 21 heavy (non-hydrogen) atoms. The lowest BCUT2D eigenvalue weighted by atomic mass is 9.99. The van der Waals surface area contributed by atoms with Gasteiger partial charge in [-0.15, -0.1) is 11.3 Å². The van der Waals surface area contributed by atoms with Crippen molar-refractivity contribution < 1.29 is 9.90 Å². The largest absolute Gasteiger partial charge is 0.478 e. The van der Waals surface area contributed by atoms with Gasteiger partial charge in [0.2, 0.25) is 0 Å².